The van der Waals surface area contributed by atoms with Crippen LogP contribution in [0.1, 0.15) is 43.7 Å². The molecule has 3 rings (SSSR count). The zero-order valence-electron chi connectivity index (χ0n) is 18.4. The van der Waals surface area contributed by atoms with Crippen molar-refractivity contribution in [1.29, 1.82) is 10.8 Å². The molecular weight excluding hydrogens is 406 g/mol. The van der Waals surface area contributed by atoms with Crippen LogP contribution >= 0.6 is 0 Å². The second kappa shape index (κ2) is 12.0. The number of hydrogen-bond donors (Lipinski definition) is 3. The molecule has 32 heavy (non-hydrogen) atoms. The minimum absolute atomic E-state index is 0.0231. The Balaban J connectivity index is 1.33. The van der Waals surface area contributed by atoms with E-state index in [4.69, 9.17) is 25.0 Å². The lowest BCUT2D eigenvalue weighted by molar-refractivity contribution is 0.0839. The molecule has 1 aliphatic carbocycles. The number of ether oxygens (including phenoxy) is 3. The molecule has 2 aromatic rings. The summed E-state index contributed by atoms with van der Waals surface area (Å²) in [5.74, 6) is -0.0269. The zero-order chi connectivity index (χ0) is 22.8. The fourth-order valence-corrected chi connectivity index (χ4v) is 3.59. The third-order valence-electron chi connectivity index (χ3n) is 5.56. The van der Waals surface area contributed by atoms with Crippen molar-refractivity contribution in [3.8, 4) is 0 Å². The molecule has 0 aliphatic heterocycles. The lowest BCUT2D eigenvalue weighted by Gasteiger charge is -2.29. The van der Waals surface area contributed by atoms with Gasteiger partial charge in [-0.2, -0.15) is 0 Å². The van der Waals surface area contributed by atoms with Gasteiger partial charge in [-0.3, -0.25) is 10.8 Å². The number of benzene rings is 2. The highest BCUT2D eigenvalue weighted by Gasteiger charge is 2.28. The molecule has 1 amide bonds. The molecule has 0 unspecified atom stereocenters. The van der Waals surface area contributed by atoms with Crippen LogP contribution < -0.4 is 5.32 Å². The maximum absolute atomic E-state index is 12.0. The van der Waals surface area contributed by atoms with E-state index in [-0.39, 0.29) is 30.4 Å². The summed E-state index contributed by atoms with van der Waals surface area (Å²) in [5, 5.41) is 19.2. The van der Waals surface area contributed by atoms with Crippen LogP contribution in [0.5, 0.6) is 0 Å². The van der Waals surface area contributed by atoms with Crippen molar-refractivity contribution in [3.63, 3.8) is 0 Å². The summed E-state index contributed by atoms with van der Waals surface area (Å²) >= 11 is 0. The number of carbonyl (C=O) groups is 1. The molecule has 1 atom stereocenters. The van der Waals surface area contributed by atoms with Crippen molar-refractivity contribution < 1.29 is 19.0 Å². The van der Waals surface area contributed by atoms with E-state index >= 15 is 0 Å². The van der Waals surface area contributed by atoms with E-state index in [1.165, 1.54) is 0 Å². The Morgan fingerprint density at radius 3 is 2.09 bits per heavy atom. The number of hydrogen-bond acceptors (Lipinski definition) is 6. The smallest absolute Gasteiger partial charge is 0.407 e. The molecule has 0 aromatic heterocycles. The van der Waals surface area contributed by atoms with E-state index in [9.17, 15) is 4.79 Å². The van der Waals surface area contributed by atoms with Gasteiger partial charge in [-0.25, -0.2) is 4.79 Å². The van der Waals surface area contributed by atoms with Crippen LogP contribution in [0.3, 0.4) is 0 Å². The van der Waals surface area contributed by atoms with E-state index in [2.05, 4.69) is 5.32 Å². The molecular formula is C25H31N3O4. The number of alkyl carbamates (subject to hydrolysis) is 1. The molecule has 0 heterocycles. The lowest BCUT2D eigenvalue weighted by atomic mass is 9.86. The first-order valence-electron chi connectivity index (χ1n) is 11.0. The minimum Gasteiger partial charge on any atom is -0.445 e. The van der Waals surface area contributed by atoms with Crippen LogP contribution in [0.4, 0.5) is 4.79 Å². The van der Waals surface area contributed by atoms with Gasteiger partial charge in [0.05, 0.1) is 6.61 Å². The Hall–Kier alpha value is -3.19. The van der Waals surface area contributed by atoms with Gasteiger partial charge in [0.2, 0.25) is 5.90 Å². The molecule has 0 bridgehead atoms. The van der Waals surface area contributed by atoms with E-state index in [1.54, 1.807) is 6.92 Å². The van der Waals surface area contributed by atoms with E-state index in [1.807, 2.05) is 60.7 Å². The van der Waals surface area contributed by atoms with Crippen LogP contribution in [-0.2, 0) is 27.4 Å². The fraction of sp³-hybridized carbons (Fsp3) is 0.400. The van der Waals surface area contributed by atoms with Crippen molar-refractivity contribution in [2.45, 2.75) is 58.0 Å². The zero-order valence-corrected chi connectivity index (χ0v) is 18.4. The summed E-state index contributed by atoms with van der Waals surface area (Å²) in [6.07, 6.45) is 1.96. The monoisotopic (exact) mass is 437 g/mol. The summed E-state index contributed by atoms with van der Waals surface area (Å²) in [4.78, 5) is 12.0. The highest BCUT2D eigenvalue weighted by atomic mass is 16.6. The van der Waals surface area contributed by atoms with Gasteiger partial charge < -0.3 is 19.5 Å². The SMILES string of the molecule is C[C@@H](OCc1ccccc1)C(=N)OC(=N)[C@H]1CC[C@H](NC(=O)OCc2ccccc2)CC1. The third-order valence-corrected chi connectivity index (χ3v) is 5.56. The first kappa shape index (κ1) is 23.5. The van der Waals surface area contributed by atoms with Gasteiger partial charge in [-0.05, 0) is 43.7 Å². The van der Waals surface area contributed by atoms with Crippen LogP contribution in [0.2, 0.25) is 0 Å². The van der Waals surface area contributed by atoms with Crippen LogP contribution in [0, 0.1) is 16.7 Å². The van der Waals surface area contributed by atoms with E-state index in [0.29, 0.717) is 6.61 Å². The molecule has 0 spiro atoms. The molecule has 170 valence electrons. The van der Waals surface area contributed by atoms with Gasteiger partial charge in [0.25, 0.3) is 0 Å². The second-order valence-corrected chi connectivity index (χ2v) is 8.02. The van der Waals surface area contributed by atoms with Crippen molar-refractivity contribution in [2.75, 3.05) is 0 Å². The van der Waals surface area contributed by atoms with Gasteiger partial charge in [0.15, 0.2) is 5.90 Å². The maximum Gasteiger partial charge on any atom is 0.407 e. The van der Waals surface area contributed by atoms with Crippen LogP contribution in [0.15, 0.2) is 60.7 Å². The summed E-state index contributed by atoms with van der Waals surface area (Å²) in [5.41, 5.74) is 1.97. The standard InChI is InChI=1S/C25H31N3O4/c1-18(30-16-19-8-4-2-5-9-19)23(26)32-24(27)21-12-14-22(15-13-21)28-25(29)31-17-20-10-6-3-7-11-20/h2-11,18,21-22,26-27H,12-17H2,1H3,(H,28,29)/t18-,21-,22-/m1/s1. The van der Waals surface area contributed by atoms with Gasteiger partial charge in [-0.15, -0.1) is 0 Å². The molecule has 3 N–H and O–H groups in total. The quantitative estimate of drug-likeness (QED) is 0.397. The van der Waals surface area contributed by atoms with Gasteiger partial charge >= 0.3 is 6.09 Å². The summed E-state index contributed by atoms with van der Waals surface area (Å²) in [6.45, 7) is 2.38. The number of carbonyl (C=O) groups excluding carboxylic acids is 1. The Bertz CT molecular complexity index is 881. The summed E-state index contributed by atoms with van der Waals surface area (Å²) in [7, 11) is 0. The molecule has 1 fully saturated rings. The highest BCUT2D eigenvalue weighted by molar-refractivity contribution is 5.91. The molecule has 0 radical (unpaired) electrons. The Labute approximate surface area is 189 Å². The fourth-order valence-electron chi connectivity index (χ4n) is 3.59. The lowest BCUT2D eigenvalue weighted by Crippen LogP contribution is -2.39. The van der Waals surface area contributed by atoms with Crippen molar-refractivity contribution in [1.82, 2.24) is 5.32 Å². The van der Waals surface area contributed by atoms with Gasteiger partial charge in [0.1, 0.15) is 12.7 Å². The first-order valence-corrected chi connectivity index (χ1v) is 11.0. The van der Waals surface area contributed by atoms with Gasteiger partial charge in [0, 0.05) is 12.0 Å². The highest BCUT2D eigenvalue weighted by Crippen LogP contribution is 2.26. The number of nitrogens with one attached hydrogen (secondary N) is 3. The average Bonchev–Trinajstić information content (AvgIpc) is 2.83. The topological polar surface area (TPSA) is 104 Å². The minimum atomic E-state index is -0.534. The van der Waals surface area contributed by atoms with Crippen molar-refractivity contribution >= 4 is 17.9 Å². The molecule has 1 saturated carbocycles. The number of amides is 1. The van der Waals surface area contributed by atoms with Gasteiger partial charge in [-0.1, -0.05) is 60.7 Å². The molecule has 7 nitrogen and oxygen atoms in total. The van der Waals surface area contributed by atoms with E-state index in [0.717, 1.165) is 36.8 Å². The third kappa shape index (κ3) is 7.50. The predicted molar refractivity (Wildman–Crippen MR) is 123 cm³/mol. The molecule has 0 saturated heterocycles. The van der Waals surface area contributed by atoms with E-state index < -0.39 is 12.2 Å². The Morgan fingerprint density at radius 1 is 0.938 bits per heavy atom. The second-order valence-electron chi connectivity index (χ2n) is 8.02. The summed E-state index contributed by atoms with van der Waals surface area (Å²) < 4.78 is 16.4. The van der Waals surface area contributed by atoms with Crippen LogP contribution in [0.25, 0.3) is 0 Å². The van der Waals surface area contributed by atoms with Crippen LogP contribution in [-0.4, -0.2) is 30.0 Å². The molecule has 2 aromatic carbocycles. The number of rotatable bonds is 8. The maximum atomic E-state index is 12.0. The first-order chi connectivity index (χ1) is 15.5. The largest absolute Gasteiger partial charge is 0.445 e. The normalized spacial score (nSPS) is 18.9. The molecule has 7 heteroatoms. The summed E-state index contributed by atoms with van der Waals surface area (Å²) in [6, 6.07) is 19.3. The Kier molecular flexibility index (Phi) is 8.80. The van der Waals surface area contributed by atoms with Crippen molar-refractivity contribution in [3.05, 3.63) is 71.8 Å². The predicted octanol–water partition coefficient (Wildman–Crippen LogP) is 5.05. The van der Waals surface area contributed by atoms with Crippen molar-refractivity contribution in [2.24, 2.45) is 5.92 Å². The Morgan fingerprint density at radius 2 is 1.50 bits per heavy atom. The average molecular weight is 438 g/mol. The molecule has 1 aliphatic rings.